The first-order valence-electron chi connectivity index (χ1n) is 8.91. The molecule has 0 saturated heterocycles. The Bertz CT molecular complexity index is 1030. The molecular weight excluding hydrogens is 419 g/mol. The molecule has 3 aromatic carbocycles. The van der Waals surface area contributed by atoms with Crippen molar-refractivity contribution in [2.45, 2.75) is 28.8 Å². The van der Waals surface area contributed by atoms with E-state index in [0.717, 1.165) is 0 Å². The zero-order chi connectivity index (χ0) is 16.9. The number of hydrogen-bond donors (Lipinski definition) is 0. The van der Waals surface area contributed by atoms with E-state index >= 15 is 0 Å². The Morgan fingerprint density at radius 1 is 0.920 bits per heavy atom. The summed E-state index contributed by atoms with van der Waals surface area (Å²) in [4.78, 5) is 0. The molecule has 0 N–H and O–H groups in total. The van der Waals surface area contributed by atoms with Crippen molar-refractivity contribution in [2.24, 2.45) is 0 Å². The highest BCUT2D eigenvalue weighted by molar-refractivity contribution is 14.1. The Kier molecular flexibility index (Phi) is 3.63. The van der Waals surface area contributed by atoms with Gasteiger partial charge in [-0.05, 0) is 86.7 Å². The minimum atomic E-state index is -0.290. The Balaban J connectivity index is 1.79. The van der Waals surface area contributed by atoms with E-state index in [0.29, 0.717) is 5.92 Å². The summed E-state index contributed by atoms with van der Waals surface area (Å²) >= 11 is 2.50. The van der Waals surface area contributed by atoms with Crippen LogP contribution < -0.4 is 0 Å². The molecule has 25 heavy (non-hydrogen) atoms. The number of rotatable bonds is 1. The summed E-state index contributed by atoms with van der Waals surface area (Å²) in [6.07, 6.45) is 11.7. The van der Waals surface area contributed by atoms with Crippen LogP contribution in [0, 0.1) is 0 Å². The predicted molar refractivity (Wildman–Crippen MR) is 113 cm³/mol. The Morgan fingerprint density at radius 2 is 1.80 bits per heavy atom. The van der Waals surface area contributed by atoms with Crippen LogP contribution in [0.2, 0.25) is 0 Å². The molecule has 3 aromatic rings. The molecule has 0 fully saturated rings. The van der Waals surface area contributed by atoms with E-state index in [1.165, 1.54) is 51.9 Å². The summed E-state index contributed by atoms with van der Waals surface area (Å²) in [5.41, 5.74) is 2.98. The van der Waals surface area contributed by atoms with Crippen LogP contribution in [-0.4, -0.2) is 3.61 Å². The molecule has 2 heteroatoms. The SMILES string of the molecule is IC1(C2CCCc3ccc4c(ccc5ccccc54)c32)C=CC=CO1. The van der Waals surface area contributed by atoms with Crippen LogP contribution in [0.5, 0.6) is 0 Å². The third-order valence-corrected chi connectivity index (χ3v) is 6.95. The lowest BCUT2D eigenvalue weighted by atomic mass is 9.76. The zero-order valence-corrected chi connectivity index (χ0v) is 16.1. The van der Waals surface area contributed by atoms with Crippen LogP contribution in [0.25, 0.3) is 21.5 Å². The zero-order valence-electron chi connectivity index (χ0n) is 13.9. The third-order valence-electron chi connectivity index (χ3n) is 5.58. The van der Waals surface area contributed by atoms with E-state index in [2.05, 4.69) is 83.3 Å². The van der Waals surface area contributed by atoms with Crippen molar-refractivity contribution >= 4 is 44.1 Å². The molecule has 1 aliphatic carbocycles. The lowest BCUT2D eigenvalue weighted by Crippen LogP contribution is -2.32. The van der Waals surface area contributed by atoms with E-state index in [9.17, 15) is 0 Å². The summed E-state index contributed by atoms with van der Waals surface area (Å²) in [5.74, 6) is 0.378. The lowest BCUT2D eigenvalue weighted by molar-refractivity contribution is 0.132. The van der Waals surface area contributed by atoms with E-state index < -0.39 is 0 Å². The van der Waals surface area contributed by atoms with E-state index in [-0.39, 0.29) is 3.61 Å². The van der Waals surface area contributed by atoms with Crippen molar-refractivity contribution < 1.29 is 4.74 Å². The molecule has 124 valence electrons. The van der Waals surface area contributed by atoms with Crippen molar-refractivity contribution in [1.29, 1.82) is 0 Å². The maximum Gasteiger partial charge on any atom is 0.183 e. The van der Waals surface area contributed by atoms with Gasteiger partial charge in [-0.3, -0.25) is 0 Å². The van der Waals surface area contributed by atoms with Gasteiger partial charge in [0.2, 0.25) is 0 Å². The summed E-state index contributed by atoms with van der Waals surface area (Å²) in [6.45, 7) is 0. The van der Waals surface area contributed by atoms with Gasteiger partial charge in [-0.1, -0.05) is 54.6 Å². The number of aryl methyl sites for hydroxylation is 1. The highest BCUT2D eigenvalue weighted by Crippen LogP contribution is 2.49. The van der Waals surface area contributed by atoms with Gasteiger partial charge in [-0.25, -0.2) is 0 Å². The van der Waals surface area contributed by atoms with Crippen molar-refractivity contribution in [3.63, 3.8) is 0 Å². The topological polar surface area (TPSA) is 9.23 Å². The number of hydrogen-bond acceptors (Lipinski definition) is 1. The molecule has 0 radical (unpaired) electrons. The average Bonchev–Trinajstić information content (AvgIpc) is 2.67. The summed E-state index contributed by atoms with van der Waals surface area (Å²) < 4.78 is 5.83. The summed E-state index contributed by atoms with van der Waals surface area (Å²) in [5, 5.41) is 5.40. The van der Waals surface area contributed by atoms with Crippen LogP contribution in [0.3, 0.4) is 0 Å². The smallest absolute Gasteiger partial charge is 0.183 e. The first-order chi connectivity index (χ1) is 12.3. The van der Waals surface area contributed by atoms with Crippen LogP contribution in [0.15, 0.2) is 73.0 Å². The molecule has 1 nitrogen and oxygen atoms in total. The van der Waals surface area contributed by atoms with Gasteiger partial charge in [0.05, 0.1) is 6.26 Å². The molecule has 1 aliphatic heterocycles. The van der Waals surface area contributed by atoms with E-state index in [4.69, 9.17) is 4.74 Å². The first-order valence-corrected chi connectivity index (χ1v) is 9.98. The van der Waals surface area contributed by atoms with Crippen molar-refractivity contribution in [3.05, 3.63) is 84.1 Å². The lowest BCUT2D eigenvalue weighted by Gasteiger charge is -2.38. The van der Waals surface area contributed by atoms with Gasteiger partial charge in [-0.15, -0.1) is 0 Å². The fraction of sp³-hybridized carbons (Fsp3) is 0.217. The molecule has 0 saturated carbocycles. The maximum atomic E-state index is 6.12. The van der Waals surface area contributed by atoms with Crippen LogP contribution in [0.1, 0.15) is 29.9 Å². The summed E-state index contributed by atoms with van der Waals surface area (Å²) in [6, 6.07) is 17.9. The van der Waals surface area contributed by atoms with Crippen LogP contribution >= 0.6 is 22.6 Å². The Hall–Kier alpha value is -1.81. The van der Waals surface area contributed by atoms with Gasteiger partial charge >= 0.3 is 0 Å². The Morgan fingerprint density at radius 3 is 2.68 bits per heavy atom. The second kappa shape index (κ2) is 5.87. The number of ether oxygens (including phenoxy) is 1. The standard InChI is InChI=1S/C23H19IO/c24-23(14-3-4-15-25-23)21-9-5-7-17-11-12-19-18-8-2-1-6-16(18)10-13-20(19)22(17)21/h1-4,6,8,10-15,21H,5,7,9H2. The van der Waals surface area contributed by atoms with Gasteiger partial charge in [0.25, 0.3) is 0 Å². The fourth-order valence-corrected chi connectivity index (χ4v) is 5.41. The molecule has 1 heterocycles. The molecule has 5 rings (SSSR count). The van der Waals surface area contributed by atoms with Crippen LogP contribution in [-0.2, 0) is 11.2 Å². The maximum absolute atomic E-state index is 6.12. The normalized spacial score (nSPS) is 25.1. The largest absolute Gasteiger partial charge is 0.480 e. The number of alkyl halides is 1. The Labute approximate surface area is 161 Å². The number of halogens is 1. The van der Waals surface area contributed by atoms with Crippen LogP contribution in [0.4, 0.5) is 0 Å². The van der Waals surface area contributed by atoms with Crippen molar-refractivity contribution in [2.75, 3.05) is 0 Å². The molecule has 2 atom stereocenters. The molecule has 0 amide bonds. The minimum absolute atomic E-state index is 0.290. The predicted octanol–water partition coefficient (Wildman–Crippen LogP) is 6.64. The van der Waals surface area contributed by atoms with Gasteiger partial charge in [0.15, 0.2) is 3.61 Å². The molecule has 2 aliphatic rings. The van der Waals surface area contributed by atoms with Gasteiger partial charge in [0.1, 0.15) is 0 Å². The second-order valence-electron chi connectivity index (χ2n) is 6.97. The monoisotopic (exact) mass is 438 g/mol. The molecular formula is C23H19IO. The van der Waals surface area contributed by atoms with Crippen molar-refractivity contribution in [1.82, 2.24) is 0 Å². The van der Waals surface area contributed by atoms with E-state index in [1.54, 1.807) is 0 Å². The highest BCUT2D eigenvalue weighted by atomic mass is 127. The molecule has 0 aromatic heterocycles. The van der Waals surface area contributed by atoms with E-state index in [1.807, 2.05) is 12.3 Å². The molecule has 0 spiro atoms. The van der Waals surface area contributed by atoms with Gasteiger partial charge in [-0.2, -0.15) is 0 Å². The molecule has 2 unspecified atom stereocenters. The minimum Gasteiger partial charge on any atom is -0.480 e. The highest BCUT2D eigenvalue weighted by Gasteiger charge is 2.40. The number of allylic oxidation sites excluding steroid dienone is 2. The van der Waals surface area contributed by atoms with Crippen molar-refractivity contribution in [3.8, 4) is 0 Å². The first kappa shape index (κ1) is 15.4. The van der Waals surface area contributed by atoms with Gasteiger partial charge in [0, 0.05) is 5.92 Å². The quantitative estimate of drug-likeness (QED) is 0.235. The fourth-order valence-electron chi connectivity index (χ4n) is 4.43. The molecule has 0 bridgehead atoms. The number of fused-ring (bicyclic) bond motifs is 5. The second-order valence-corrected chi connectivity index (χ2v) is 8.65. The average molecular weight is 438 g/mol. The third kappa shape index (κ3) is 2.42. The number of benzene rings is 3. The van der Waals surface area contributed by atoms with Gasteiger partial charge < -0.3 is 4.74 Å². The summed E-state index contributed by atoms with van der Waals surface area (Å²) in [7, 11) is 0.